The summed E-state index contributed by atoms with van der Waals surface area (Å²) < 4.78 is 1.85. The van der Waals surface area contributed by atoms with Crippen LogP contribution < -0.4 is 11.1 Å². The topological polar surface area (TPSA) is 115 Å². The van der Waals surface area contributed by atoms with Gasteiger partial charge in [0.1, 0.15) is 5.82 Å². The summed E-state index contributed by atoms with van der Waals surface area (Å²) in [7, 11) is 0. The molecule has 0 saturated carbocycles. The second-order valence-corrected chi connectivity index (χ2v) is 7.07. The summed E-state index contributed by atoms with van der Waals surface area (Å²) in [4.78, 5) is 16.8. The first kappa shape index (κ1) is 20.6. The maximum Gasteiger partial charge on any atom is 0.259 e. The van der Waals surface area contributed by atoms with Gasteiger partial charge in [0.25, 0.3) is 5.91 Å². The number of nitrogens with two attached hydrogens (primary N) is 1. The molecule has 1 amide bonds. The lowest BCUT2D eigenvalue weighted by Gasteiger charge is -2.21. The number of rotatable bonds is 4. The van der Waals surface area contributed by atoms with Crippen molar-refractivity contribution in [2.24, 2.45) is 5.73 Å². The van der Waals surface area contributed by atoms with Gasteiger partial charge in [0.15, 0.2) is 5.82 Å². The van der Waals surface area contributed by atoms with Gasteiger partial charge in [-0.3, -0.25) is 14.6 Å². The van der Waals surface area contributed by atoms with Crippen LogP contribution in [-0.4, -0.2) is 30.9 Å². The van der Waals surface area contributed by atoms with Crippen LogP contribution in [0.15, 0.2) is 30.5 Å². The Morgan fingerprint density at radius 1 is 1.26 bits per heavy atom. The molecule has 0 unspecified atom stereocenters. The minimum absolute atomic E-state index is 0. The molecule has 0 spiro atoms. The van der Waals surface area contributed by atoms with Crippen molar-refractivity contribution >= 4 is 24.0 Å². The summed E-state index contributed by atoms with van der Waals surface area (Å²) in [6.45, 7) is 8.35. The van der Waals surface area contributed by atoms with Crippen molar-refractivity contribution in [3.8, 4) is 11.4 Å². The van der Waals surface area contributed by atoms with Crippen LogP contribution in [0.25, 0.3) is 11.4 Å². The Morgan fingerprint density at radius 3 is 2.44 bits per heavy atom. The number of nitrogens with one attached hydrogen (secondary N) is 2. The highest BCUT2D eigenvalue weighted by atomic mass is 35.5. The number of aromatic nitrogens is 5. The minimum Gasteiger partial charge on any atom is -0.324 e. The van der Waals surface area contributed by atoms with Crippen molar-refractivity contribution in [3.05, 3.63) is 47.5 Å². The number of benzene rings is 1. The van der Waals surface area contributed by atoms with Gasteiger partial charge < -0.3 is 11.1 Å². The molecule has 1 aromatic carbocycles. The zero-order valence-corrected chi connectivity index (χ0v) is 16.6. The molecular formula is C18H24ClN7O. The Morgan fingerprint density at radius 2 is 1.93 bits per heavy atom. The maximum absolute atomic E-state index is 12.6. The van der Waals surface area contributed by atoms with Crippen LogP contribution in [0.2, 0.25) is 0 Å². The summed E-state index contributed by atoms with van der Waals surface area (Å²) in [6.07, 6.45) is 1.60. The Labute approximate surface area is 164 Å². The summed E-state index contributed by atoms with van der Waals surface area (Å²) in [6, 6.07) is 7.33. The molecule has 0 fully saturated rings. The molecule has 2 aromatic heterocycles. The van der Waals surface area contributed by atoms with Gasteiger partial charge in [-0.1, -0.05) is 0 Å². The second-order valence-electron chi connectivity index (χ2n) is 7.07. The third-order valence-corrected chi connectivity index (χ3v) is 4.02. The predicted molar refractivity (Wildman–Crippen MR) is 107 cm³/mol. The van der Waals surface area contributed by atoms with Crippen molar-refractivity contribution in [2.75, 3.05) is 5.32 Å². The van der Waals surface area contributed by atoms with Gasteiger partial charge in [0.2, 0.25) is 0 Å². The lowest BCUT2D eigenvalue weighted by atomic mass is 10.1. The molecule has 3 aromatic rings. The van der Waals surface area contributed by atoms with E-state index in [4.69, 9.17) is 5.73 Å². The van der Waals surface area contributed by atoms with Gasteiger partial charge in [-0.05, 0) is 52.0 Å². The molecule has 3 rings (SSSR count). The number of halogens is 1. The molecule has 8 nitrogen and oxygen atoms in total. The van der Waals surface area contributed by atoms with E-state index in [1.165, 1.54) is 0 Å². The van der Waals surface area contributed by atoms with Crippen LogP contribution in [-0.2, 0) is 12.1 Å². The van der Waals surface area contributed by atoms with Gasteiger partial charge in [-0.25, -0.2) is 4.98 Å². The number of amides is 1. The summed E-state index contributed by atoms with van der Waals surface area (Å²) in [5.41, 5.74) is 8.28. The fourth-order valence-corrected chi connectivity index (χ4v) is 2.73. The lowest BCUT2D eigenvalue weighted by molar-refractivity contribution is 0.102. The number of hydrogen-bond donors (Lipinski definition) is 3. The van der Waals surface area contributed by atoms with Crippen LogP contribution >= 0.6 is 12.4 Å². The van der Waals surface area contributed by atoms with Gasteiger partial charge in [0, 0.05) is 16.9 Å². The number of hydrogen-bond acceptors (Lipinski definition) is 5. The molecule has 2 heterocycles. The van der Waals surface area contributed by atoms with E-state index in [1.807, 2.05) is 56.6 Å². The van der Waals surface area contributed by atoms with Crippen molar-refractivity contribution in [1.29, 1.82) is 0 Å². The van der Waals surface area contributed by atoms with Crippen molar-refractivity contribution in [3.63, 3.8) is 0 Å². The molecule has 27 heavy (non-hydrogen) atoms. The zero-order chi connectivity index (χ0) is 18.9. The Hall–Kier alpha value is -2.71. The maximum atomic E-state index is 12.6. The third kappa shape index (κ3) is 4.35. The van der Waals surface area contributed by atoms with E-state index in [1.54, 1.807) is 6.20 Å². The van der Waals surface area contributed by atoms with Gasteiger partial charge in [0.05, 0.1) is 23.8 Å². The van der Waals surface area contributed by atoms with Gasteiger partial charge in [-0.2, -0.15) is 10.2 Å². The Balaban J connectivity index is 0.00000261. The molecule has 0 bridgehead atoms. The van der Waals surface area contributed by atoms with E-state index < -0.39 is 0 Å². The van der Waals surface area contributed by atoms with E-state index in [2.05, 4.69) is 25.6 Å². The average Bonchev–Trinajstić information content (AvgIpc) is 3.21. The second kappa shape index (κ2) is 7.89. The number of nitrogens with zero attached hydrogens (tertiary/aromatic N) is 4. The molecule has 0 radical (unpaired) electrons. The standard InChI is InChI=1S/C18H23N7O.ClH/c1-11-14(10-20-25(11)18(2,3)4)17(26)21-13-7-5-12(6-8-13)16-22-15(9-19)23-24-16;/h5-8,10H,9,19H2,1-4H3,(H,21,26)(H,22,23,24);1H. The van der Waals surface area contributed by atoms with E-state index in [-0.39, 0.29) is 23.9 Å². The third-order valence-electron chi connectivity index (χ3n) is 4.02. The Bertz CT molecular complexity index is 922. The summed E-state index contributed by atoms with van der Waals surface area (Å²) >= 11 is 0. The first-order valence-electron chi connectivity index (χ1n) is 8.38. The number of carbonyl (C=O) groups is 1. The van der Waals surface area contributed by atoms with E-state index >= 15 is 0 Å². The first-order chi connectivity index (χ1) is 12.3. The molecular weight excluding hydrogens is 366 g/mol. The van der Waals surface area contributed by atoms with Gasteiger partial charge >= 0.3 is 0 Å². The molecule has 0 saturated heterocycles. The van der Waals surface area contributed by atoms with Crippen molar-refractivity contribution in [2.45, 2.75) is 39.8 Å². The quantitative estimate of drug-likeness (QED) is 0.634. The van der Waals surface area contributed by atoms with Crippen LogP contribution in [0.5, 0.6) is 0 Å². The number of aromatic amines is 1. The monoisotopic (exact) mass is 389 g/mol. The minimum atomic E-state index is -0.186. The summed E-state index contributed by atoms with van der Waals surface area (Å²) in [5, 5.41) is 14.1. The predicted octanol–water partition coefficient (Wildman–Crippen LogP) is 2.86. The van der Waals surface area contributed by atoms with Crippen LogP contribution in [0.3, 0.4) is 0 Å². The molecule has 0 aliphatic carbocycles. The highest BCUT2D eigenvalue weighted by Crippen LogP contribution is 2.21. The van der Waals surface area contributed by atoms with Gasteiger partial charge in [-0.15, -0.1) is 12.4 Å². The van der Waals surface area contributed by atoms with Crippen molar-refractivity contribution in [1.82, 2.24) is 25.0 Å². The smallest absolute Gasteiger partial charge is 0.259 e. The molecule has 0 aliphatic rings. The van der Waals surface area contributed by atoms with E-state index in [0.29, 0.717) is 29.4 Å². The van der Waals surface area contributed by atoms with Crippen LogP contribution in [0, 0.1) is 6.92 Å². The fraction of sp³-hybridized carbons (Fsp3) is 0.333. The first-order valence-corrected chi connectivity index (χ1v) is 8.38. The number of carbonyl (C=O) groups excluding carboxylic acids is 1. The number of H-pyrrole nitrogens is 1. The largest absolute Gasteiger partial charge is 0.324 e. The normalized spacial score (nSPS) is 11.1. The van der Waals surface area contributed by atoms with Crippen molar-refractivity contribution < 1.29 is 4.79 Å². The number of anilines is 1. The molecule has 0 atom stereocenters. The molecule has 0 aliphatic heterocycles. The molecule has 144 valence electrons. The SMILES string of the molecule is Cc1c(C(=O)Nc2ccc(-c3n[nH]c(CN)n3)cc2)cnn1C(C)(C)C.Cl. The highest BCUT2D eigenvalue weighted by Gasteiger charge is 2.21. The fourth-order valence-electron chi connectivity index (χ4n) is 2.73. The van der Waals surface area contributed by atoms with E-state index in [9.17, 15) is 4.79 Å². The summed E-state index contributed by atoms with van der Waals surface area (Å²) in [5.74, 6) is 1.02. The lowest BCUT2D eigenvalue weighted by Crippen LogP contribution is -2.25. The molecule has 4 N–H and O–H groups in total. The Kier molecular flexibility index (Phi) is 6.02. The average molecular weight is 390 g/mol. The van der Waals surface area contributed by atoms with Crippen LogP contribution in [0.4, 0.5) is 5.69 Å². The van der Waals surface area contributed by atoms with E-state index in [0.717, 1.165) is 11.3 Å². The molecule has 9 heteroatoms. The highest BCUT2D eigenvalue weighted by molar-refractivity contribution is 6.05. The zero-order valence-electron chi connectivity index (χ0n) is 15.8. The van der Waals surface area contributed by atoms with Crippen LogP contribution in [0.1, 0.15) is 42.6 Å².